The number of nitrogens with zero attached hydrogens (tertiary/aromatic N) is 3. The maximum atomic E-state index is 12.7. The van der Waals surface area contributed by atoms with E-state index >= 15 is 0 Å². The number of hydrogen-bond acceptors (Lipinski definition) is 7. The van der Waals surface area contributed by atoms with E-state index in [-0.39, 0.29) is 24.5 Å². The highest BCUT2D eigenvalue weighted by molar-refractivity contribution is 5.78. The monoisotopic (exact) mass is 375 g/mol. The minimum Gasteiger partial charge on any atom is -0.497 e. The van der Waals surface area contributed by atoms with E-state index in [0.717, 1.165) is 11.3 Å². The van der Waals surface area contributed by atoms with E-state index in [1.807, 2.05) is 24.3 Å². The second kappa shape index (κ2) is 8.49. The predicted octanol–water partition coefficient (Wildman–Crippen LogP) is 1.88. The quantitative estimate of drug-likeness (QED) is 0.823. The fourth-order valence-electron chi connectivity index (χ4n) is 3.36. The molecule has 146 valence electrons. The summed E-state index contributed by atoms with van der Waals surface area (Å²) in [6, 6.07) is 7.34. The standard InChI is InChI=1S/C19H25N3O5/c1-22(19(24)13-6-9-15(23)16(10-13)26-3)11-17-20-18(21-27-17)12-4-7-14(25-2)8-5-12/h4-5,7-8,13,15-16,23H,6,9-11H2,1-3H3/t13-,15+,16-/m1/s1. The molecule has 0 saturated heterocycles. The van der Waals surface area contributed by atoms with E-state index in [1.54, 1.807) is 26.2 Å². The summed E-state index contributed by atoms with van der Waals surface area (Å²) in [5.41, 5.74) is 0.809. The third-order valence-corrected chi connectivity index (χ3v) is 4.97. The van der Waals surface area contributed by atoms with E-state index in [2.05, 4.69) is 10.1 Å². The Bertz CT molecular complexity index is 761. The van der Waals surface area contributed by atoms with Gasteiger partial charge in [0.05, 0.1) is 25.9 Å². The van der Waals surface area contributed by atoms with Crippen molar-refractivity contribution in [1.82, 2.24) is 15.0 Å². The summed E-state index contributed by atoms with van der Waals surface area (Å²) in [5, 5.41) is 13.9. The Hall–Kier alpha value is -2.45. The fraction of sp³-hybridized carbons (Fsp3) is 0.526. The molecule has 1 fully saturated rings. The van der Waals surface area contributed by atoms with Gasteiger partial charge in [-0.15, -0.1) is 0 Å². The van der Waals surface area contributed by atoms with Crippen molar-refractivity contribution in [3.05, 3.63) is 30.2 Å². The Balaban J connectivity index is 1.61. The molecule has 1 aliphatic carbocycles. The number of amides is 1. The molecule has 1 saturated carbocycles. The number of aromatic nitrogens is 2. The summed E-state index contributed by atoms with van der Waals surface area (Å²) in [7, 11) is 4.88. The summed E-state index contributed by atoms with van der Waals surface area (Å²) >= 11 is 0. The topological polar surface area (TPSA) is 97.9 Å². The highest BCUT2D eigenvalue weighted by Crippen LogP contribution is 2.28. The van der Waals surface area contributed by atoms with Gasteiger partial charge >= 0.3 is 0 Å². The zero-order valence-electron chi connectivity index (χ0n) is 15.8. The van der Waals surface area contributed by atoms with Crippen LogP contribution in [-0.4, -0.2) is 59.5 Å². The number of aliphatic hydroxyl groups is 1. The molecule has 0 unspecified atom stereocenters. The molecule has 1 aromatic heterocycles. The molecule has 1 amide bonds. The van der Waals surface area contributed by atoms with Gasteiger partial charge in [-0.2, -0.15) is 4.98 Å². The molecule has 1 N–H and O–H groups in total. The number of ether oxygens (including phenoxy) is 2. The number of aliphatic hydroxyl groups excluding tert-OH is 1. The van der Waals surface area contributed by atoms with Gasteiger partial charge in [-0.25, -0.2) is 0 Å². The van der Waals surface area contributed by atoms with Gasteiger partial charge in [0.15, 0.2) is 0 Å². The van der Waals surface area contributed by atoms with Crippen LogP contribution in [0.2, 0.25) is 0 Å². The Kier molecular flexibility index (Phi) is 6.08. The van der Waals surface area contributed by atoms with Crippen molar-refractivity contribution in [2.75, 3.05) is 21.3 Å². The van der Waals surface area contributed by atoms with Gasteiger partial charge < -0.3 is 24.0 Å². The lowest BCUT2D eigenvalue weighted by Crippen LogP contribution is -2.42. The second-order valence-corrected chi connectivity index (χ2v) is 6.79. The lowest BCUT2D eigenvalue weighted by atomic mass is 9.84. The van der Waals surface area contributed by atoms with Crippen molar-refractivity contribution in [2.24, 2.45) is 5.92 Å². The molecule has 0 bridgehead atoms. The Morgan fingerprint density at radius 1 is 1.30 bits per heavy atom. The molecule has 1 aromatic carbocycles. The van der Waals surface area contributed by atoms with Crippen LogP contribution in [-0.2, 0) is 16.1 Å². The number of methoxy groups -OCH3 is 2. The van der Waals surface area contributed by atoms with Gasteiger partial charge in [-0.05, 0) is 43.5 Å². The van der Waals surface area contributed by atoms with Crippen molar-refractivity contribution in [3.8, 4) is 17.1 Å². The lowest BCUT2D eigenvalue weighted by Gasteiger charge is -2.33. The first-order valence-corrected chi connectivity index (χ1v) is 8.94. The molecule has 8 nitrogen and oxygen atoms in total. The minimum atomic E-state index is -0.507. The number of rotatable bonds is 6. The van der Waals surface area contributed by atoms with Crippen LogP contribution in [0.25, 0.3) is 11.4 Å². The molecule has 1 heterocycles. The van der Waals surface area contributed by atoms with Crippen LogP contribution in [0.4, 0.5) is 0 Å². The molecule has 1 aliphatic rings. The molecule has 8 heteroatoms. The maximum absolute atomic E-state index is 12.7. The van der Waals surface area contributed by atoms with Gasteiger partial charge in [0.25, 0.3) is 0 Å². The fourth-order valence-corrected chi connectivity index (χ4v) is 3.36. The third-order valence-electron chi connectivity index (χ3n) is 4.97. The van der Waals surface area contributed by atoms with Crippen molar-refractivity contribution >= 4 is 5.91 Å². The van der Waals surface area contributed by atoms with Crippen LogP contribution in [0.15, 0.2) is 28.8 Å². The maximum Gasteiger partial charge on any atom is 0.246 e. The summed E-state index contributed by atoms with van der Waals surface area (Å²) in [5.74, 6) is 1.41. The number of carbonyl (C=O) groups is 1. The van der Waals surface area contributed by atoms with Crippen LogP contribution in [0, 0.1) is 5.92 Å². The van der Waals surface area contributed by atoms with E-state index in [9.17, 15) is 9.90 Å². The smallest absolute Gasteiger partial charge is 0.246 e. The first-order valence-electron chi connectivity index (χ1n) is 8.94. The molecule has 3 atom stereocenters. The average Bonchev–Trinajstić information content (AvgIpc) is 3.16. The Morgan fingerprint density at radius 3 is 2.70 bits per heavy atom. The highest BCUT2D eigenvalue weighted by Gasteiger charge is 2.34. The first-order chi connectivity index (χ1) is 13.0. The zero-order valence-corrected chi connectivity index (χ0v) is 15.8. The van der Waals surface area contributed by atoms with Crippen LogP contribution in [0.1, 0.15) is 25.2 Å². The molecule has 0 radical (unpaired) electrons. The van der Waals surface area contributed by atoms with Gasteiger partial charge in [0.2, 0.25) is 17.6 Å². The summed E-state index contributed by atoms with van der Waals surface area (Å²) in [6.45, 7) is 0.235. The van der Waals surface area contributed by atoms with Gasteiger partial charge in [-0.1, -0.05) is 5.16 Å². The van der Waals surface area contributed by atoms with Gasteiger partial charge in [-0.3, -0.25) is 4.79 Å². The van der Waals surface area contributed by atoms with Gasteiger partial charge in [0, 0.05) is 25.6 Å². The van der Waals surface area contributed by atoms with E-state index in [0.29, 0.717) is 31.0 Å². The normalized spacial score (nSPS) is 22.4. The third kappa shape index (κ3) is 4.45. The predicted molar refractivity (Wildman–Crippen MR) is 96.9 cm³/mol. The number of benzene rings is 1. The zero-order chi connectivity index (χ0) is 19.4. The SMILES string of the molecule is COc1ccc(-c2noc(CN(C)C(=O)[C@@H]3CC[C@H](O)[C@H](OC)C3)n2)cc1. The highest BCUT2D eigenvalue weighted by atomic mass is 16.5. The van der Waals surface area contributed by atoms with Crippen molar-refractivity contribution in [3.63, 3.8) is 0 Å². The molecule has 27 heavy (non-hydrogen) atoms. The molecule has 0 spiro atoms. The second-order valence-electron chi connectivity index (χ2n) is 6.79. The first kappa shape index (κ1) is 19.3. The number of hydrogen-bond donors (Lipinski definition) is 1. The van der Waals surface area contributed by atoms with Crippen LogP contribution < -0.4 is 4.74 Å². The minimum absolute atomic E-state index is 0.00634. The van der Waals surface area contributed by atoms with Crippen molar-refractivity contribution in [1.29, 1.82) is 0 Å². The van der Waals surface area contributed by atoms with Crippen LogP contribution in [0.5, 0.6) is 5.75 Å². The van der Waals surface area contributed by atoms with E-state index in [4.69, 9.17) is 14.0 Å². The average molecular weight is 375 g/mol. The molecule has 3 rings (SSSR count). The summed E-state index contributed by atoms with van der Waals surface area (Å²) in [6.07, 6.45) is 0.913. The lowest BCUT2D eigenvalue weighted by molar-refractivity contribution is -0.140. The molecular formula is C19H25N3O5. The van der Waals surface area contributed by atoms with Crippen LogP contribution in [0.3, 0.4) is 0 Å². The van der Waals surface area contributed by atoms with Crippen molar-refractivity contribution < 1.29 is 23.9 Å². The Morgan fingerprint density at radius 2 is 2.04 bits per heavy atom. The van der Waals surface area contributed by atoms with E-state index < -0.39 is 6.10 Å². The summed E-state index contributed by atoms with van der Waals surface area (Å²) in [4.78, 5) is 18.7. The van der Waals surface area contributed by atoms with Crippen molar-refractivity contribution in [2.45, 2.75) is 38.0 Å². The Labute approximate surface area is 158 Å². The molecular weight excluding hydrogens is 350 g/mol. The largest absolute Gasteiger partial charge is 0.497 e. The molecule has 0 aliphatic heterocycles. The summed E-state index contributed by atoms with van der Waals surface area (Å²) < 4.78 is 15.7. The number of carbonyl (C=O) groups excluding carboxylic acids is 1. The van der Waals surface area contributed by atoms with Gasteiger partial charge in [0.1, 0.15) is 5.75 Å². The van der Waals surface area contributed by atoms with Crippen LogP contribution >= 0.6 is 0 Å². The van der Waals surface area contributed by atoms with E-state index in [1.165, 1.54) is 0 Å². The molecule has 2 aromatic rings.